The molecule has 23 heavy (non-hydrogen) atoms. The third-order valence-corrected chi connectivity index (χ3v) is 4.33. The maximum Gasteiger partial charge on any atom is 0.339 e. The van der Waals surface area contributed by atoms with Crippen molar-refractivity contribution in [3.05, 3.63) is 74.6 Å². The van der Waals surface area contributed by atoms with E-state index in [0.717, 1.165) is 16.5 Å². The Balaban J connectivity index is 1.91. The summed E-state index contributed by atoms with van der Waals surface area (Å²) in [5.74, 6) is 0.699. The molecule has 118 valence electrons. The molecule has 0 radical (unpaired) electrons. The van der Waals surface area contributed by atoms with Crippen LogP contribution in [-0.2, 0) is 6.61 Å². The molecule has 0 saturated heterocycles. The van der Waals surface area contributed by atoms with Crippen molar-refractivity contribution in [1.29, 1.82) is 0 Å². The van der Waals surface area contributed by atoms with Crippen LogP contribution in [0.1, 0.15) is 27.8 Å². The summed E-state index contributed by atoms with van der Waals surface area (Å²) >= 11 is 0. The fourth-order valence-corrected chi connectivity index (χ4v) is 2.64. The molecule has 3 rings (SSSR count). The molecule has 0 atom stereocenters. The van der Waals surface area contributed by atoms with Gasteiger partial charge in [-0.05, 0) is 56.5 Å². The van der Waals surface area contributed by atoms with Crippen LogP contribution < -0.4 is 10.4 Å². The Morgan fingerprint density at radius 1 is 0.957 bits per heavy atom. The van der Waals surface area contributed by atoms with Gasteiger partial charge in [0.1, 0.15) is 17.9 Å². The van der Waals surface area contributed by atoms with Crippen molar-refractivity contribution in [1.82, 2.24) is 0 Å². The SMILES string of the molecule is Cc1ccc(C)c(COc2ccc3c(C)c(C)c(=O)oc3c2)c1. The van der Waals surface area contributed by atoms with Crippen molar-refractivity contribution in [3.63, 3.8) is 0 Å². The van der Waals surface area contributed by atoms with Crippen LogP contribution in [-0.4, -0.2) is 0 Å². The van der Waals surface area contributed by atoms with Gasteiger partial charge in [-0.3, -0.25) is 0 Å². The summed E-state index contributed by atoms with van der Waals surface area (Å²) in [6, 6.07) is 12.0. The van der Waals surface area contributed by atoms with E-state index in [-0.39, 0.29) is 5.63 Å². The maximum atomic E-state index is 11.8. The molecular formula is C20H20O3. The third kappa shape index (κ3) is 3.00. The second-order valence-corrected chi connectivity index (χ2v) is 6.02. The zero-order chi connectivity index (χ0) is 16.6. The minimum Gasteiger partial charge on any atom is -0.489 e. The van der Waals surface area contributed by atoms with Gasteiger partial charge < -0.3 is 9.15 Å². The predicted molar refractivity (Wildman–Crippen MR) is 92.2 cm³/mol. The van der Waals surface area contributed by atoms with Gasteiger partial charge in [0.15, 0.2) is 0 Å². The lowest BCUT2D eigenvalue weighted by Gasteiger charge is -2.11. The van der Waals surface area contributed by atoms with Crippen LogP contribution in [0.2, 0.25) is 0 Å². The first-order valence-electron chi connectivity index (χ1n) is 7.68. The van der Waals surface area contributed by atoms with Gasteiger partial charge >= 0.3 is 5.63 Å². The highest BCUT2D eigenvalue weighted by atomic mass is 16.5. The summed E-state index contributed by atoms with van der Waals surface area (Å²) in [6.45, 7) is 8.35. The van der Waals surface area contributed by atoms with Gasteiger partial charge in [0.2, 0.25) is 0 Å². The molecule has 3 aromatic rings. The van der Waals surface area contributed by atoms with Crippen LogP contribution in [0.25, 0.3) is 11.0 Å². The van der Waals surface area contributed by atoms with E-state index in [4.69, 9.17) is 9.15 Å². The van der Waals surface area contributed by atoms with E-state index in [0.29, 0.717) is 23.5 Å². The molecule has 1 heterocycles. The molecular weight excluding hydrogens is 288 g/mol. The van der Waals surface area contributed by atoms with Gasteiger partial charge in [-0.25, -0.2) is 4.79 Å². The quantitative estimate of drug-likeness (QED) is 0.663. The average molecular weight is 308 g/mol. The molecule has 0 bridgehead atoms. The summed E-state index contributed by atoms with van der Waals surface area (Å²) in [4.78, 5) is 11.8. The molecule has 0 spiro atoms. The number of aryl methyl sites for hydroxylation is 3. The van der Waals surface area contributed by atoms with Crippen LogP contribution in [0.4, 0.5) is 0 Å². The molecule has 2 aromatic carbocycles. The van der Waals surface area contributed by atoms with Crippen molar-refractivity contribution in [3.8, 4) is 5.75 Å². The first-order chi connectivity index (χ1) is 11.0. The van der Waals surface area contributed by atoms with Gasteiger partial charge in [0, 0.05) is 17.0 Å². The Labute approximate surface area is 135 Å². The van der Waals surface area contributed by atoms with Gasteiger partial charge in [0.05, 0.1) is 0 Å². The predicted octanol–water partition coefficient (Wildman–Crippen LogP) is 4.61. The highest BCUT2D eigenvalue weighted by Crippen LogP contribution is 2.24. The van der Waals surface area contributed by atoms with Crippen molar-refractivity contribution in [2.75, 3.05) is 0 Å². The zero-order valence-electron chi connectivity index (χ0n) is 13.9. The number of rotatable bonds is 3. The lowest BCUT2D eigenvalue weighted by Crippen LogP contribution is -2.05. The second kappa shape index (κ2) is 5.92. The van der Waals surface area contributed by atoms with E-state index in [9.17, 15) is 4.79 Å². The molecule has 0 unspecified atom stereocenters. The molecule has 0 aliphatic carbocycles. The van der Waals surface area contributed by atoms with E-state index < -0.39 is 0 Å². The van der Waals surface area contributed by atoms with Crippen LogP contribution in [0.15, 0.2) is 45.6 Å². The van der Waals surface area contributed by atoms with Crippen LogP contribution >= 0.6 is 0 Å². The molecule has 3 nitrogen and oxygen atoms in total. The molecule has 0 fully saturated rings. The van der Waals surface area contributed by atoms with Crippen molar-refractivity contribution >= 4 is 11.0 Å². The summed E-state index contributed by atoms with van der Waals surface area (Å²) < 4.78 is 11.3. The second-order valence-electron chi connectivity index (χ2n) is 6.02. The van der Waals surface area contributed by atoms with Crippen molar-refractivity contribution < 1.29 is 9.15 Å². The zero-order valence-corrected chi connectivity index (χ0v) is 13.9. The van der Waals surface area contributed by atoms with E-state index >= 15 is 0 Å². The van der Waals surface area contributed by atoms with Crippen LogP contribution in [0, 0.1) is 27.7 Å². The molecule has 0 aliphatic heterocycles. The van der Waals surface area contributed by atoms with E-state index in [1.54, 1.807) is 13.0 Å². The number of hydrogen-bond acceptors (Lipinski definition) is 3. The lowest BCUT2D eigenvalue weighted by molar-refractivity contribution is 0.305. The fourth-order valence-electron chi connectivity index (χ4n) is 2.64. The third-order valence-electron chi connectivity index (χ3n) is 4.33. The maximum absolute atomic E-state index is 11.8. The summed E-state index contributed by atoms with van der Waals surface area (Å²) in [5.41, 5.74) is 5.46. The monoisotopic (exact) mass is 308 g/mol. The first-order valence-corrected chi connectivity index (χ1v) is 7.68. The number of ether oxygens (including phenoxy) is 1. The summed E-state index contributed by atoms with van der Waals surface area (Å²) in [5, 5.41) is 0.946. The smallest absolute Gasteiger partial charge is 0.339 e. The summed E-state index contributed by atoms with van der Waals surface area (Å²) in [7, 11) is 0. The van der Waals surface area contributed by atoms with Gasteiger partial charge in [0.25, 0.3) is 0 Å². The normalized spacial score (nSPS) is 11.0. The van der Waals surface area contributed by atoms with Gasteiger partial charge in [-0.2, -0.15) is 0 Å². The Hall–Kier alpha value is -2.55. The number of hydrogen-bond donors (Lipinski definition) is 0. The Kier molecular flexibility index (Phi) is 3.95. The Morgan fingerprint density at radius 2 is 1.74 bits per heavy atom. The summed E-state index contributed by atoms with van der Waals surface area (Å²) in [6.07, 6.45) is 0. The standard InChI is InChI=1S/C20H20O3/c1-12-5-6-13(2)16(9-12)11-22-17-7-8-18-14(3)15(4)20(21)23-19(18)10-17/h5-10H,11H2,1-4H3. The average Bonchev–Trinajstić information content (AvgIpc) is 2.53. The minimum absolute atomic E-state index is 0.290. The Morgan fingerprint density at radius 3 is 2.52 bits per heavy atom. The molecule has 0 N–H and O–H groups in total. The molecule has 0 saturated carbocycles. The Bertz CT molecular complexity index is 936. The topological polar surface area (TPSA) is 39.4 Å². The van der Waals surface area contributed by atoms with Gasteiger partial charge in [-0.15, -0.1) is 0 Å². The molecule has 1 aromatic heterocycles. The number of fused-ring (bicyclic) bond motifs is 1. The van der Waals surface area contributed by atoms with Crippen LogP contribution in [0.5, 0.6) is 5.75 Å². The minimum atomic E-state index is -0.290. The van der Waals surface area contributed by atoms with E-state index in [2.05, 4.69) is 32.0 Å². The van der Waals surface area contributed by atoms with E-state index in [1.165, 1.54) is 11.1 Å². The van der Waals surface area contributed by atoms with Crippen molar-refractivity contribution in [2.45, 2.75) is 34.3 Å². The first kappa shape index (κ1) is 15.3. The largest absolute Gasteiger partial charge is 0.489 e. The highest BCUT2D eigenvalue weighted by molar-refractivity contribution is 5.82. The molecule has 0 aliphatic rings. The van der Waals surface area contributed by atoms with Crippen LogP contribution in [0.3, 0.4) is 0 Å². The van der Waals surface area contributed by atoms with E-state index in [1.807, 2.05) is 19.1 Å². The lowest BCUT2D eigenvalue weighted by atomic mass is 10.1. The molecule has 3 heteroatoms. The number of benzene rings is 2. The fraction of sp³-hybridized carbons (Fsp3) is 0.250. The highest BCUT2D eigenvalue weighted by Gasteiger charge is 2.09. The van der Waals surface area contributed by atoms with Crippen molar-refractivity contribution in [2.24, 2.45) is 0 Å². The molecule has 0 amide bonds. The van der Waals surface area contributed by atoms with Gasteiger partial charge in [-0.1, -0.05) is 23.8 Å².